The number of nitrogens with one attached hydrogen (secondary N) is 2. The van der Waals surface area contributed by atoms with Crippen LogP contribution in [0.1, 0.15) is 16.8 Å². The predicted octanol–water partition coefficient (Wildman–Crippen LogP) is 5.76. The van der Waals surface area contributed by atoms with Crippen molar-refractivity contribution in [1.82, 2.24) is 14.5 Å². The number of anilines is 2. The zero-order valence-electron chi connectivity index (χ0n) is 21.9. The molecule has 0 radical (unpaired) electrons. The largest absolute Gasteiger partial charge is 0.497 e. The normalized spacial score (nSPS) is 12.4. The van der Waals surface area contributed by atoms with Gasteiger partial charge >= 0.3 is 6.03 Å². The summed E-state index contributed by atoms with van der Waals surface area (Å²) in [7, 11) is 3.17. The molecule has 0 saturated heterocycles. The predicted molar refractivity (Wildman–Crippen MR) is 156 cm³/mol. The average molecular weight is 580 g/mol. The van der Waals surface area contributed by atoms with Gasteiger partial charge in [-0.1, -0.05) is 47.5 Å². The van der Waals surface area contributed by atoms with Gasteiger partial charge in [-0.05, 0) is 48.0 Å². The SMILES string of the molecule is COc1ccc(CNc2nc3c(c(=O)n2-c2ccccc2OC)CN(C(=O)Nc2ccc(Cl)cc2Cl)CC3)cc1. The lowest BCUT2D eigenvalue weighted by molar-refractivity contribution is 0.205. The van der Waals surface area contributed by atoms with Crippen LogP contribution in [0.15, 0.2) is 71.5 Å². The van der Waals surface area contributed by atoms with Crippen LogP contribution in [-0.2, 0) is 19.5 Å². The van der Waals surface area contributed by atoms with Gasteiger partial charge in [0.1, 0.15) is 11.5 Å². The first-order valence-electron chi connectivity index (χ1n) is 12.5. The zero-order chi connectivity index (χ0) is 28.2. The Morgan fingerprint density at radius 3 is 2.52 bits per heavy atom. The van der Waals surface area contributed by atoms with Crippen molar-refractivity contribution in [3.63, 3.8) is 0 Å². The summed E-state index contributed by atoms with van der Waals surface area (Å²) in [6, 6.07) is 19.3. The number of fused-ring (bicyclic) bond motifs is 1. The number of methoxy groups -OCH3 is 2. The number of aromatic nitrogens is 2. The summed E-state index contributed by atoms with van der Waals surface area (Å²) in [5.41, 5.74) is 2.75. The van der Waals surface area contributed by atoms with Crippen molar-refractivity contribution in [3.8, 4) is 17.2 Å². The summed E-state index contributed by atoms with van der Waals surface area (Å²) in [5, 5.41) is 6.92. The molecule has 1 aliphatic heterocycles. The Bertz CT molecular complexity index is 1610. The molecule has 2 N–H and O–H groups in total. The molecule has 3 aromatic carbocycles. The second-order valence-electron chi connectivity index (χ2n) is 9.10. The summed E-state index contributed by atoms with van der Waals surface area (Å²) in [4.78, 5) is 33.6. The van der Waals surface area contributed by atoms with E-state index in [1.54, 1.807) is 49.5 Å². The average Bonchev–Trinajstić information content (AvgIpc) is 2.97. The van der Waals surface area contributed by atoms with E-state index in [4.69, 9.17) is 37.7 Å². The van der Waals surface area contributed by atoms with Crippen LogP contribution in [0.25, 0.3) is 5.69 Å². The first kappa shape index (κ1) is 27.4. The van der Waals surface area contributed by atoms with E-state index in [1.807, 2.05) is 36.4 Å². The number of ether oxygens (including phenoxy) is 2. The van der Waals surface area contributed by atoms with E-state index in [9.17, 15) is 9.59 Å². The van der Waals surface area contributed by atoms with Crippen molar-refractivity contribution in [2.45, 2.75) is 19.5 Å². The topological polar surface area (TPSA) is 97.7 Å². The van der Waals surface area contributed by atoms with Gasteiger partial charge in [0.15, 0.2) is 0 Å². The Hall–Kier alpha value is -4.21. The molecule has 0 aliphatic carbocycles. The standard InChI is InChI=1S/C29H27Cl2N5O4/c1-39-20-10-7-18(8-11-20)16-32-28-33-23-13-14-35(29(38)34-24-12-9-19(30)15-22(24)31)17-21(23)27(37)36(28)25-5-3-4-6-26(25)40-2/h3-12,15H,13-14,16-17H2,1-2H3,(H,32,33)(H,34,38). The number of rotatable bonds is 7. The second kappa shape index (κ2) is 11.9. The highest BCUT2D eigenvalue weighted by Gasteiger charge is 2.28. The van der Waals surface area contributed by atoms with Gasteiger partial charge in [0.05, 0.1) is 48.4 Å². The van der Waals surface area contributed by atoms with Gasteiger partial charge in [0.25, 0.3) is 5.56 Å². The van der Waals surface area contributed by atoms with Crippen molar-refractivity contribution in [2.75, 3.05) is 31.4 Å². The minimum atomic E-state index is -0.375. The maximum absolute atomic E-state index is 14.0. The molecule has 1 aliphatic rings. The van der Waals surface area contributed by atoms with E-state index < -0.39 is 0 Å². The molecular weight excluding hydrogens is 553 g/mol. The second-order valence-corrected chi connectivity index (χ2v) is 9.94. The Morgan fingerprint density at radius 2 is 1.80 bits per heavy atom. The third-order valence-corrected chi connectivity index (χ3v) is 7.17. The van der Waals surface area contributed by atoms with Crippen LogP contribution in [0.5, 0.6) is 11.5 Å². The molecule has 206 valence electrons. The number of urea groups is 1. The fourth-order valence-electron chi connectivity index (χ4n) is 4.52. The number of hydrogen-bond acceptors (Lipinski definition) is 6. The van der Waals surface area contributed by atoms with E-state index in [2.05, 4.69) is 10.6 Å². The van der Waals surface area contributed by atoms with Crippen molar-refractivity contribution in [1.29, 1.82) is 0 Å². The first-order valence-corrected chi connectivity index (χ1v) is 13.3. The van der Waals surface area contributed by atoms with E-state index in [0.29, 0.717) is 63.9 Å². The summed E-state index contributed by atoms with van der Waals surface area (Å²) < 4.78 is 12.3. The fraction of sp³-hybridized carbons (Fsp3) is 0.207. The van der Waals surface area contributed by atoms with Crippen LogP contribution in [0.4, 0.5) is 16.4 Å². The van der Waals surface area contributed by atoms with Gasteiger partial charge in [-0.2, -0.15) is 0 Å². The molecule has 40 heavy (non-hydrogen) atoms. The molecule has 1 aromatic heterocycles. The van der Waals surface area contributed by atoms with Crippen LogP contribution < -0.4 is 25.7 Å². The summed E-state index contributed by atoms with van der Waals surface area (Å²) >= 11 is 12.2. The van der Waals surface area contributed by atoms with Gasteiger partial charge in [-0.3, -0.25) is 4.79 Å². The van der Waals surface area contributed by atoms with Crippen LogP contribution >= 0.6 is 23.2 Å². The molecular formula is C29H27Cl2N5O4. The van der Waals surface area contributed by atoms with Crippen LogP contribution in [0.3, 0.4) is 0 Å². The lowest BCUT2D eigenvalue weighted by Crippen LogP contribution is -2.43. The van der Waals surface area contributed by atoms with Crippen LogP contribution in [-0.4, -0.2) is 41.2 Å². The van der Waals surface area contributed by atoms with Gasteiger partial charge in [0.2, 0.25) is 5.95 Å². The molecule has 0 spiro atoms. The van der Waals surface area contributed by atoms with Crippen LogP contribution in [0, 0.1) is 0 Å². The lowest BCUT2D eigenvalue weighted by atomic mass is 10.1. The number of amides is 2. The number of hydrogen-bond donors (Lipinski definition) is 2. The van der Waals surface area contributed by atoms with E-state index in [1.165, 1.54) is 4.57 Å². The molecule has 0 bridgehead atoms. The molecule has 2 amide bonds. The molecule has 0 saturated carbocycles. The summed E-state index contributed by atoms with van der Waals surface area (Å²) in [6.07, 6.45) is 0.413. The third-order valence-electron chi connectivity index (χ3n) is 6.63. The van der Waals surface area contributed by atoms with Crippen molar-refractivity contribution in [3.05, 3.63) is 104 Å². The van der Waals surface area contributed by atoms with Crippen LogP contribution in [0.2, 0.25) is 10.0 Å². The Kier molecular flexibility index (Phi) is 8.14. The third kappa shape index (κ3) is 5.71. The van der Waals surface area contributed by atoms with Gasteiger partial charge in [-0.15, -0.1) is 0 Å². The molecule has 2 heterocycles. The number of nitrogens with zero attached hydrogens (tertiary/aromatic N) is 3. The van der Waals surface area contributed by atoms with Gasteiger partial charge in [0, 0.05) is 24.5 Å². The fourth-order valence-corrected chi connectivity index (χ4v) is 4.97. The molecule has 9 nitrogen and oxygen atoms in total. The minimum absolute atomic E-state index is 0.0894. The quantitative estimate of drug-likeness (QED) is 0.289. The highest BCUT2D eigenvalue weighted by molar-refractivity contribution is 6.36. The van der Waals surface area contributed by atoms with Crippen molar-refractivity contribution < 1.29 is 14.3 Å². The summed E-state index contributed by atoms with van der Waals surface area (Å²) in [6.45, 7) is 0.903. The molecule has 0 unspecified atom stereocenters. The summed E-state index contributed by atoms with van der Waals surface area (Å²) in [5.74, 6) is 1.66. The first-order chi connectivity index (χ1) is 19.4. The van der Waals surface area contributed by atoms with E-state index >= 15 is 0 Å². The van der Waals surface area contributed by atoms with E-state index in [0.717, 1.165) is 11.3 Å². The molecule has 0 atom stereocenters. The maximum Gasteiger partial charge on any atom is 0.322 e. The molecule has 0 fully saturated rings. The van der Waals surface area contributed by atoms with Crippen molar-refractivity contribution >= 4 is 40.9 Å². The molecule has 4 aromatic rings. The lowest BCUT2D eigenvalue weighted by Gasteiger charge is -2.29. The number of carbonyl (C=O) groups is 1. The number of para-hydroxylation sites is 2. The van der Waals surface area contributed by atoms with Crippen molar-refractivity contribution in [2.24, 2.45) is 0 Å². The minimum Gasteiger partial charge on any atom is -0.497 e. The highest BCUT2D eigenvalue weighted by Crippen LogP contribution is 2.28. The monoisotopic (exact) mass is 579 g/mol. The Morgan fingerprint density at radius 1 is 1.02 bits per heavy atom. The smallest absolute Gasteiger partial charge is 0.322 e. The number of carbonyl (C=O) groups excluding carboxylic acids is 1. The number of halogens is 2. The molecule has 5 rings (SSSR count). The molecule has 11 heteroatoms. The Balaban J connectivity index is 1.48. The zero-order valence-corrected chi connectivity index (χ0v) is 23.4. The van der Waals surface area contributed by atoms with E-state index in [-0.39, 0.29) is 18.1 Å². The maximum atomic E-state index is 14.0. The number of benzene rings is 3. The van der Waals surface area contributed by atoms with Gasteiger partial charge in [-0.25, -0.2) is 14.3 Å². The Labute approximate surface area is 241 Å². The van der Waals surface area contributed by atoms with Gasteiger partial charge < -0.3 is 25.0 Å². The highest BCUT2D eigenvalue weighted by atomic mass is 35.5.